The van der Waals surface area contributed by atoms with E-state index in [-0.39, 0.29) is 18.0 Å². The fourth-order valence-corrected chi connectivity index (χ4v) is 2.52. The van der Waals surface area contributed by atoms with Crippen molar-refractivity contribution in [2.45, 2.75) is 6.92 Å². The molecule has 0 atom stereocenters. The number of carbonyl (C=O) groups excluding carboxylic acids is 2. The van der Waals surface area contributed by atoms with E-state index in [1.165, 1.54) is 30.5 Å². The summed E-state index contributed by atoms with van der Waals surface area (Å²) >= 11 is 0. The molecule has 28 heavy (non-hydrogen) atoms. The van der Waals surface area contributed by atoms with Crippen LogP contribution in [0.25, 0.3) is 0 Å². The molecule has 1 heterocycles. The second-order valence-electron chi connectivity index (χ2n) is 5.75. The Kier molecular flexibility index (Phi) is 5.96. The van der Waals surface area contributed by atoms with Crippen LogP contribution >= 0.6 is 0 Å². The van der Waals surface area contributed by atoms with E-state index in [2.05, 4.69) is 15.6 Å². The summed E-state index contributed by atoms with van der Waals surface area (Å²) in [4.78, 5) is 28.5. The molecule has 3 rings (SSSR count). The van der Waals surface area contributed by atoms with Gasteiger partial charge in [-0.2, -0.15) is 0 Å². The summed E-state index contributed by atoms with van der Waals surface area (Å²) in [5, 5.41) is 5.57. The van der Waals surface area contributed by atoms with Crippen LogP contribution < -0.4 is 10.6 Å². The molecule has 142 valence electrons. The lowest BCUT2D eigenvalue weighted by atomic mass is 10.1. The Bertz CT molecular complexity index is 1010. The first-order valence-corrected chi connectivity index (χ1v) is 8.63. The van der Waals surface area contributed by atoms with Gasteiger partial charge in [-0.3, -0.25) is 9.78 Å². The zero-order valence-corrected chi connectivity index (χ0v) is 15.1. The summed E-state index contributed by atoms with van der Waals surface area (Å²) in [6.07, 6.45) is 1.45. The number of hydrogen-bond acceptors (Lipinski definition) is 5. The quantitative estimate of drug-likeness (QED) is 0.621. The van der Waals surface area contributed by atoms with E-state index in [1.807, 2.05) is 0 Å². The molecule has 1 amide bonds. The number of rotatable bonds is 6. The van der Waals surface area contributed by atoms with Gasteiger partial charge in [0.15, 0.2) is 0 Å². The number of ether oxygens (including phenoxy) is 1. The molecule has 1 aromatic heterocycles. The van der Waals surface area contributed by atoms with Crippen molar-refractivity contribution in [1.82, 2.24) is 4.98 Å². The van der Waals surface area contributed by atoms with Crippen LogP contribution in [0.4, 0.5) is 21.5 Å². The van der Waals surface area contributed by atoms with Crippen molar-refractivity contribution in [3.63, 3.8) is 0 Å². The molecule has 0 aliphatic carbocycles. The Labute approximate surface area is 161 Å². The van der Waals surface area contributed by atoms with Gasteiger partial charge in [-0.15, -0.1) is 0 Å². The maximum absolute atomic E-state index is 13.7. The number of pyridine rings is 1. The van der Waals surface area contributed by atoms with Crippen molar-refractivity contribution in [2.24, 2.45) is 0 Å². The second kappa shape index (κ2) is 8.77. The zero-order chi connectivity index (χ0) is 19.9. The number of halogens is 1. The zero-order valence-electron chi connectivity index (χ0n) is 15.1. The van der Waals surface area contributed by atoms with Crippen molar-refractivity contribution < 1.29 is 18.7 Å². The highest BCUT2D eigenvalue weighted by Gasteiger charge is 2.14. The van der Waals surface area contributed by atoms with Crippen molar-refractivity contribution >= 4 is 28.9 Å². The summed E-state index contributed by atoms with van der Waals surface area (Å²) in [5.41, 5.74) is 1.62. The standard InChI is InChI=1S/C21H18FN3O3/c1-2-28-21(27)15-7-3-5-9-17(15)24-14-11-12-23-19(13-14)20(26)25-18-10-6-4-8-16(18)22/h3-13H,2H2,1H3,(H,23,24)(H,25,26). The van der Waals surface area contributed by atoms with Crippen LogP contribution in [0.2, 0.25) is 0 Å². The van der Waals surface area contributed by atoms with Crippen molar-refractivity contribution in [1.29, 1.82) is 0 Å². The Morgan fingerprint density at radius 1 is 1.04 bits per heavy atom. The molecular formula is C21H18FN3O3. The minimum absolute atomic E-state index is 0.0697. The van der Waals surface area contributed by atoms with Gasteiger partial charge in [0.2, 0.25) is 0 Å². The number of para-hydroxylation sites is 2. The number of benzene rings is 2. The Hall–Kier alpha value is -3.74. The number of nitrogens with one attached hydrogen (secondary N) is 2. The van der Waals surface area contributed by atoms with Gasteiger partial charge in [0.05, 0.1) is 23.5 Å². The number of esters is 1. The lowest BCUT2D eigenvalue weighted by Gasteiger charge is -2.12. The summed E-state index contributed by atoms with van der Waals surface area (Å²) in [6.45, 7) is 2.00. The number of aromatic nitrogens is 1. The molecule has 0 radical (unpaired) electrons. The molecule has 0 saturated carbocycles. The van der Waals surface area contributed by atoms with Crippen molar-refractivity contribution in [3.05, 3.63) is 83.9 Å². The molecule has 0 bridgehead atoms. The third-order valence-electron chi connectivity index (χ3n) is 3.82. The van der Waals surface area contributed by atoms with E-state index in [0.29, 0.717) is 16.9 Å². The normalized spacial score (nSPS) is 10.2. The molecule has 0 aliphatic heterocycles. The van der Waals surface area contributed by atoms with Gasteiger partial charge >= 0.3 is 5.97 Å². The number of anilines is 3. The van der Waals surface area contributed by atoms with E-state index in [0.717, 1.165) is 0 Å². The van der Waals surface area contributed by atoms with Crippen LogP contribution in [0.3, 0.4) is 0 Å². The topological polar surface area (TPSA) is 80.3 Å². The van der Waals surface area contributed by atoms with Gasteiger partial charge in [0, 0.05) is 11.9 Å². The van der Waals surface area contributed by atoms with Gasteiger partial charge in [-0.25, -0.2) is 9.18 Å². The fraction of sp³-hybridized carbons (Fsp3) is 0.0952. The lowest BCUT2D eigenvalue weighted by molar-refractivity contribution is 0.0527. The number of hydrogen-bond donors (Lipinski definition) is 2. The van der Waals surface area contributed by atoms with Crippen molar-refractivity contribution in [3.8, 4) is 0 Å². The molecule has 0 aliphatic rings. The predicted octanol–water partition coefficient (Wildman–Crippen LogP) is 4.39. The maximum atomic E-state index is 13.7. The third kappa shape index (κ3) is 4.50. The maximum Gasteiger partial charge on any atom is 0.340 e. The molecule has 0 saturated heterocycles. The minimum atomic E-state index is -0.549. The number of carbonyl (C=O) groups is 2. The molecule has 0 fully saturated rings. The largest absolute Gasteiger partial charge is 0.462 e. The molecule has 2 N–H and O–H groups in total. The second-order valence-corrected chi connectivity index (χ2v) is 5.75. The molecule has 0 spiro atoms. The lowest BCUT2D eigenvalue weighted by Crippen LogP contribution is -2.15. The first-order chi connectivity index (χ1) is 13.6. The van der Waals surface area contributed by atoms with Crippen LogP contribution in [-0.4, -0.2) is 23.5 Å². The van der Waals surface area contributed by atoms with E-state index in [9.17, 15) is 14.0 Å². The van der Waals surface area contributed by atoms with Crippen molar-refractivity contribution in [2.75, 3.05) is 17.2 Å². The number of amides is 1. The highest BCUT2D eigenvalue weighted by Crippen LogP contribution is 2.22. The van der Waals surface area contributed by atoms with E-state index >= 15 is 0 Å². The first kappa shape index (κ1) is 19.0. The average Bonchev–Trinajstić information content (AvgIpc) is 2.70. The van der Waals surface area contributed by atoms with Crippen LogP contribution in [-0.2, 0) is 4.74 Å². The van der Waals surface area contributed by atoms with Gasteiger partial charge in [0.25, 0.3) is 5.91 Å². The van der Waals surface area contributed by atoms with Gasteiger partial charge in [-0.1, -0.05) is 24.3 Å². The highest BCUT2D eigenvalue weighted by molar-refractivity contribution is 6.03. The average molecular weight is 379 g/mol. The van der Waals surface area contributed by atoms with E-state index < -0.39 is 17.7 Å². The van der Waals surface area contributed by atoms with Gasteiger partial charge in [-0.05, 0) is 43.3 Å². The molecule has 2 aromatic carbocycles. The molecule has 0 unspecified atom stereocenters. The minimum Gasteiger partial charge on any atom is -0.462 e. The Balaban J connectivity index is 1.80. The van der Waals surface area contributed by atoms with Crippen LogP contribution in [0.5, 0.6) is 0 Å². The highest BCUT2D eigenvalue weighted by atomic mass is 19.1. The number of nitrogens with zero attached hydrogens (tertiary/aromatic N) is 1. The van der Waals surface area contributed by atoms with Gasteiger partial charge < -0.3 is 15.4 Å². The monoisotopic (exact) mass is 379 g/mol. The molecule has 6 nitrogen and oxygen atoms in total. The summed E-state index contributed by atoms with van der Waals surface area (Å²) in [5.74, 6) is -1.53. The first-order valence-electron chi connectivity index (χ1n) is 8.63. The third-order valence-corrected chi connectivity index (χ3v) is 3.82. The predicted molar refractivity (Wildman–Crippen MR) is 104 cm³/mol. The van der Waals surface area contributed by atoms with Crippen LogP contribution in [0.15, 0.2) is 66.9 Å². The van der Waals surface area contributed by atoms with Gasteiger partial charge in [0.1, 0.15) is 11.5 Å². The molecule has 7 heteroatoms. The van der Waals surface area contributed by atoms with E-state index in [1.54, 1.807) is 43.3 Å². The Morgan fingerprint density at radius 2 is 1.75 bits per heavy atom. The summed E-state index contributed by atoms with van der Waals surface area (Å²) in [6, 6.07) is 15.9. The summed E-state index contributed by atoms with van der Waals surface area (Å²) in [7, 11) is 0. The van der Waals surface area contributed by atoms with Crippen LogP contribution in [0.1, 0.15) is 27.8 Å². The van der Waals surface area contributed by atoms with E-state index in [4.69, 9.17) is 4.74 Å². The molecule has 3 aromatic rings. The smallest absolute Gasteiger partial charge is 0.340 e. The fourth-order valence-electron chi connectivity index (χ4n) is 2.52. The summed E-state index contributed by atoms with van der Waals surface area (Å²) < 4.78 is 18.8. The SMILES string of the molecule is CCOC(=O)c1ccccc1Nc1ccnc(C(=O)Nc2ccccc2F)c1. The van der Waals surface area contributed by atoms with Crippen LogP contribution in [0, 0.1) is 5.82 Å². The molecular weight excluding hydrogens is 361 g/mol. The Morgan fingerprint density at radius 3 is 2.50 bits per heavy atom.